The third kappa shape index (κ3) is 3.08. The number of aryl methyl sites for hydroxylation is 1. The molecule has 2 heterocycles. The van der Waals surface area contributed by atoms with Crippen molar-refractivity contribution >= 4 is 6.03 Å². The summed E-state index contributed by atoms with van der Waals surface area (Å²) in [7, 11) is 0. The minimum atomic E-state index is -0.0755. The molecule has 2 N–H and O–H groups in total. The molecule has 2 aliphatic carbocycles. The lowest BCUT2D eigenvalue weighted by molar-refractivity contribution is 0.224. The van der Waals surface area contributed by atoms with Gasteiger partial charge in [-0.15, -0.1) is 10.2 Å². The molecule has 1 atom stereocenters. The first-order valence-corrected chi connectivity index (χ1v) is 9.12. The van der Waals surface area contributed by atoms with Crippen LogP contribution in [0.25, 0.3) is 0 Å². The highest BCUT2D eigenvalue weighted by Crippen LogP contribution is 2.44. The number of urea groups is 1. The van der Waals surface area contributed by atoms with E-state index in [0.29, 0.717) is 17.9 Å². The molecule has 2 fully saturated rings. The summed E-state index contributed by atoms with van der Waals surface area (Å²) in [5.41, 5.74) is 0. The molecule has 1 aliphatic heterocycles. The van der Waals surface area contributed by atoms with Crippen LogP contribution in [-0.4, -0.2) is 26.8 Å². The second-order valence-electron chi connectivity index (χ2n) is 7.77. The SMILES string of the molecule is CC(C)[C@@H](NC(=O)NC(C1CC1)C1CC1)c1nnc2n1CCC2. The van der Waals surface area contributed by atoms with E-state index in [9.17, 15) is 4.79 Å². The van der Waals surface area contributed by atoms with Gasteiger partial charge in [0.2, 0.25) is 0 Å². The minimum Gasteiger partial charge on any atom is -0.335 e. The lowest BCUT2D eigenvalue weighted by Gasteiger charge is -2.24. The summed E-state index contributed by atoms with van der Waals surface area (Å²) < 4.78 is 2.18. The number of nitrogens with zero attached hydrogens (tertiary/aromatic N) is 3. The molecular weight excluding hydrogens is 290 g/mol. The van der Waals surface area contributed by atoms with Gasteiger partial charge in [-0.1, -0.05) is 13.8 Å². The Morgan fingerprint density at radius 2 is 1.83 bits per heavy atom. The Morgan fingerprint density at radius 3 is 2.43 bits per heavy atom. The molecule has 6 nitrogen and oxygen atoms in total. The third-order valence-electron chi connectivity index (χ3n) is 5.43. The van der Waals surface area contributed by atoms with Gasteiger partial charge in [-0.05, 0) is 49.9 Å². The van der Waals surface area contributed by atoms with Gasteiger partial charge in [-0.2, -0.15) is 0 Å². The average Bonchev–Trinajstić information content (AvgIpc) is 3.42. The molecule has 3 aliphatic rings. The molecule has 1 aromatic heterocycles. The van der Waals surface area contributed by atoms with Crippen LogP contribution in [0, 0.1) is 17.8 Å². The number of amides is 2. The van der Waals surface area contributed by atoms with E-state index in [1.54, 1.807) is 0 Å². The molecule has 0 spiro atoms. The van der Waals surface area contributed by atoms with Crippen molar-refractivity contribution in [3.8, 4) is 0 Å². The van der Waals surface area contributed by atoms with E-state index in [1.807, 2.05) is 0 Å². The van der Waals surface area contributed by atoms with Gasteiger partial charge in [-0.3, -0.25) is 0 Å². The summed E-state index contributed by atoms with van der Waals surface area (Å²) in [6, 6.07) is 0.267. The molecule has 0 saturated heterocycles. The van der Waals surface area contributed by atoms with Gasteiger partial charge in [0, 0.05) is 19.0 Å². The lowest BCUT2D eigenvalue weighted by atomic mass is 10.0. The fourth-order valence-corrected chi connectivity index (χ4v) is 3.80. The van der Waals surface area contributed by atoms with Gasteiger partial charge >= 0.3 is 6.03 Å². The largest absolute Gasteiger partial charge is 0.335 e. The van der Waals surface area contributed by atoms with Gasteiger partial charge in [0.25, 0.3) is 0 Å². The van der Waals surface area contributed by atoms with Crippen LogP contribution in [-0.2, 0) is 13.0 Å². The van der Waals surface area contributed by atoms with Crippen molar-refractivity contribution in [1.82, 2.24) is 25.4 Å². The van der Waals surface area contributed by atoms with Crippen molar-refractivity contribution in [2.75, 3.05) is 0 Å². The van der Waals surface area contributed by atoms with Crippen molar-refractivity contribution < 1.29 is 4.79 Å². The number of carbonyl (C=O) groups excluding carboxylic acids is 1. The van der Waals surface area contributed by atoms with Crippen molar-refractivity contribution in [1.29, 1.82) is 0 Å². The van der Waals surface area contributed by atoms with Crippen LogP contribution in [0.5, 0.6) is 0 Å². The summed E-state index contributed by atoms with van der Waals surface area (Å²) in [6.07, 6.45) is 7.20. The quantitative estimate of drug-likeness (QED) is 0.846. The van der Waals surface area contributed by atoms with Crippen LogP contribution in [0.15, 0.2) is 0 Å². The number of rotatable bonds is 6. The molecule has 2 amide bonds. The number of fused-ring (bicyclic) bond motifs is 1. The van der Waals surface area contributed by atoms with E-state index in [0.717, 1.165) is 31.0 Å². The first-order chi connectivity index (χ1) is 11.1. The van der Waals surface area contributed by atoms with E-state index >= 15 is 0 Å². The predicted molar refractivity (Wildman–Crippen MR) is 86.8 cm³/mol. The molecule has 0 bridgehead atoms. The van der Waals surface area contributed by atoms with Crippen LogP contribution < -0.4 is 10.6 Å². The smallest absolute Gasteiger partial charge is 0.315 e. The highest BCUT2D eigenvalue weighted by molar-refractivity contribution is 5.75. The van der Waals surface area contributed by atoms with Crippen molar-refractivity contribution in [3.05, 3.63) is 11.6 Å². The molecule has 0 unspecified atom stereocenters. The van der Waals surface area contributed by atoms with E-state index in [2.05, 4.69) is 39.2 Å². The lowest BCUT2D eigenvalue weighted by Crippen LogP contribution is -2.46. The predicted octanol–water partition coefficient (Wildman–Crippen LogP) is 2.41. The molecule has 23 heavy (non-hydrogen) atoms. The zero-order valence-electron chi connectivity index (χ0n) is 14.1. The van der Waals surface area contributed by atoms with Gasteiger partial charge < -0.3 is 15.2 Å². The molecule has 2 saturated carbocycles. The highest BCUT2D eigenvalue weighted by Gasteiger charge is 2.42. The Morgan fingerprint density at radius 1 is 1.13 bits per heavy atom. The normalized spacial score (nSPS) is 21.6. The first kappa shape index (κ1) is 15.0. The molecular formula is C17H27N5O. The molecule has 4 rings (SSSR count). The van der Waals surface area contributed by atoms with E-state index < -0.39 is 0 Å². The van der Waals surface area contributed by atoms with Crippen molar-refractivity contribution in [2.45, 2.75) is 71.0 Å². The Kier molecular flexibility index (Phi) is 3.77. The monoisotopic (exact) mass is 317 g/mol. The van der Waals surface area contributed by atoms with Crippen LogP contribution in [0.4, 0.5) is 4.79 Å². The summed E-state index contributed by atoms with van der Waals surface area (Å²) in [5.74, 6) is 3.68. The number of hydrogen-bond donors (Lipinski definition) is 2. The maximum atomic E-state index is 12.5. The number of carbonyl (C=O) groups is 1. The summed E-state index contributed by atoms with van der Waals surface area (Å²) in [4.78, 5) is 12.5. The Hall–Kier alpha value is -1.59. The van der Waals surface area contributed by atoms with Crippen LogP contribution in [0.3, 0.4) is 0 Å². The maximum Gasteiger partial charge on any atom is 0.315 e. The number of aromatic nitrogens is 3. The second-order valence-corrected chi connectivity index (χ2v) is 7.77. The molecule has 1 aromatic rings. The Bertz CT molecular complexity index is 576. The molecule has 0 radical (unpaired) electrons. The summed E-state index contributed by atoms with van der Waals surface area (Å²) >= 11 is 0. The van der Waals surface area contributed by atoms with Gasteiger partial charge in [-0.25, -0.2) is 4.79 Å². The van der Waals surface area contributed by atoms with Crippen LogP contribution in [0.2, 0.25) is 0 Å². The van der Waals surface area contributed by atoms with Crippen molar-refractivity contribution in [3.63, 3.8) is 0 Å². The Balaban J connectivity index is 1.44. The standard InChI is InChI=1S/C17H27N5O/c1-10(2)14(16-21-20-13-4-3-9-22(13)16)18-17(23)19-15(11-5-6-11)12-7-8-12/h10-12,14-15H,3-9H2,1-2H3,(H2,18,19,23)/t14-/m1/s1. The zero-order chi connectivity index (χ0) is 16.0. The van der Waals surface area contributed by atoms with Gasteiger partial charge in [0.1, 0.15) is 5.82 Å². The topological polar surface area (TPSA) is 71.8 Å². The number of nitrogens with one attached hydrogen (secondary N) is 2. The van der Waals surface area contributed by atoms with E-state index in [1.165, 1.54) is 25.7 Å². The average molecular weight is 317 g/mol. The fourth-order valence-electron chi connectivity index (χ4n) is 3.80. The van der Waals surface area contributed by atoms with Crippen LogP contribution in [0.1, 0.15) is 63.6 Å². The zero-order valence-corrected chi connectivity index (χ0v) is 14.1. The van der Waals surface area contributed by atoms with Crippen molar-refractivity contribution in [2.24, 2.45) is 17.8 Å². The van der Waals surface area contributed by atoms with Gasteiger partial charge in [0.05, 0.1) is 6.04 Å². The van der Waals surface area contributed by atoms with Crippen LogP contribution >= 0.6 is 0 Å². The maximum absolute atomic E-state index is 12.5. The summed E-state index contributed by atoms with van der Waals surface area (Å²) in [6.45, 7) is 5.22. The fraction of sp³-hybridized carbons (Fsp3) is 0.824. The molecule has 6 heteroatoms. The highest BCUT2D eigenvalue weighted by atomic mass is 16.2. The molecule has 126 valence electrons. The van der Waals surface area contributed by atoms with Gasteiger partial charge in [0.15, 0.2) is 5.82 Å². The second kappa shape index (κ2) is 5.80. The van der Waals surface area contributed by atoms with E-state index in [4.69, 9.17) is 0 Å². The first-order valence-electron chi connectivity index (χ1n) is 9.12. The van der Waals surface area contributed by atoms with E-state index in [-0.39, 0.29) is 18.0 Å². The summed E-state index contributed by atoms with van der Waals surface area (Å²) in [5, 5.41) is 15.1. The Labute approximate surface area is 137 Å². The molecule has 0 aromatic carbocycles. The minimum absolute atomic E-state index is 0.0390. The number of hydrogen-bond acceptors (Lipinski definition) is 3. The third-order valence-corrected chi connectivity index (χ3v) is 5.43.